The number of ketones is 1. The minimum atomic E-state index is -0.0155. The van der Waals surface area contributed by atoms with Gasteiger partial charge in [0.1, 0.15) is 17.3 Å². The van der Waals surface area contributed by atoms with Crippen molar-refractivity contribution in [2.24, 2.45) is 0 Å². The van der Waals surface area contributed by atoms with Crippen molar-refractivity contribution in [3.63, 3.8) is 0 Å². The Morgan fingerprint density at radius 1 is 0.913 bits per heavy atom. The minimum Gasteiger partial charge on any atom is -0.465 e. The van der Waals surface area contributed by atoms with Gasteiger partial charge in [-0.15, -0.1) is 0 Å². The number of hydrogen-bond donors (Lipinski definition) is 0. The molecule has 0 aliphatic heterocycles. The van der Waals surface area contributed by atoms with Gasteiger partial charge in [-0.25, -0.2) is 0 Å². The van der Waals surface area contributed by atoms with Crippen molar-refractivity contribution in [1.82, 2.24) is 0 Å². The molecule has 1 aromatic heterocycles. The molecule has 0 fully saturated rings. The highest BCUT2D eigenvalue weighted by molar-refractivity contribution is 5.77. The summed E-state index contributed by atoms with van der Waals surface area (Å²) in [7, 11) is 0. The molecule has 2 aromatic carbocycles. The van der Waals surface area contributed by atoms with Crippen LogP contribution in [-0.2, 0) is 11.2 Å². The van der Waals surface area contributed by atoms with Crippen molar-refractivity contribution in [3.8, 4) is 0 Å². The van der Waals surface area contributed by atoms with Crippen molar-refractivity contribution in [3.05, 3.63) is 95.4 Å². The molecule has 2 nitrogen and oxygen atoms in total. The molecule has 0 saturated heterocycles. The molecule has 0 bridgehead atoms. The number of hydrogen-bond acceptors (Lipinski definition) is 2. The van der Waals surface area contributed by atoms with Crippen LogP contribution in [0.5, 0.6) is 0 Å². The summed E-state index contributed by atoms with van der Waals surface area (Å²) in [6.45, 7) is 1.63. The van der Waals surface area contributed by atoms with Crippen molar-refractivity contribution in [2.75, 3.05) is 0 Å². The Hall–Kier alpha value is -2.61. The van der Waals surface area contributed by atoms with E-state index in [1.807, 2.05) is 60.7 Å². The van der Waals surface area contributed by atoms with E-state index in [1.165, 1.54) is 5.56 Å². The summed E-state index contributed by atoms with van der Waals surface area (Å²) < 4.78 is 6.05. The molecule has 0 radical (unpaired) electrons. The van der Waals surface area contributed by atoms with E-state index < -0.39 is 0 Å². The molecule has 3 aromatic rings. The average Bonchev–Trinajstić information content (AvgIpc) is 3.02. The van der Waals surface area contributed by atoms with E-state index >= 15 is 0 Å². The predicted octanol–water partition coefficient (Wildman–Crippen LogP) is 4.98. The van der Waals surface area contributed by atoms with Crippen LogP contribution in [0, 0.1) is 0 Å². The Bertz CT molecular complexity index is 757. The van der Waals surface area contributed by atoms with E-state index in [0.717, 1.165) is 23.5 Å². The topological polar surface area (TPSA) is 30.2 Å². The fraction of sp³-hybridized carbons (Fsp3) is 0.190. The van der Waals surface area contributed by atoms with E-state index in [2.05, 4.69) is 12.1 Å². The average molecular weight is 304 g/mol. The van der Waals surface area contributed by atoms with Crippen LogP contribution in [0.2, 0.25) is 0 Å². The maximum Gasteiger partial charge on any atom is 0.130 e. The maximum atomic E-state index is 11.7. The van der Waals surface area contributed by atoms with Gasteiger partial charge in [-0.1, -0.05) is 60.7 Å². The van der Waals surface area contributed by atoms with Crippen molar-refractivity contribution >= 4 is 5.78 Å². The zero-order valence-electron chi connectivity index (χ0n) is 13.2. The summed E-state index contributed by atoms with van der Waals surface area (Å²) in [5.41, 5.74) is 2.33. The van der Waals surface area contributed by atoms with Crippen LogP contribution in [0.25, 0.3) is 0 Å². The molecule has 2 heteroatoms. The van der Waals surface area contributed by atoms with Gasteiger partial charge in [0.2, 0.25) is 0 Å². The Labute approximate surface area is 136 Å². The smallest absolute Gasteiger partial charge is 0.130 e. The summed E-state index contributed by atoms with van der Waals surface area (Å²) >= 11 is 0. The molecule has 0 spiro atoms. The normalized spacial score (nSPS) is 12.0. The van der Waals surface area contributed by atoms with Crippen LogP contribution >= 0.6 is 0 Å². The molecule has 3 rings (SSSR count). The Morgan fingerprint density at radius 3 is 2.22 bits per heavy atom. The van der Waals surface area contributed by atoms with Gasteiger partial charge in [-0.05, 0) is 30.2 Å². The summed E-state index contributed by atoms with van der Waals surface area (Å²) in [4.78, 5) is 11.7. The third-order valence-corrected chi connectivity index (χ3v) is 3.94. The van der Waals surface area contributed by atoms with Crippen molar-refractivity contribution in [2.45, 2.75) is 25.7 Å². The van der Waals surface area contributed by atoms with E-state index in [-0.39, 0.29) is 11.7 Å². The minimum absolute atomic E-state index is 0.0155. The second-order valence-corrected chi connectivity index (χ2v) is 5.84. The number of benzene rings is 2. The van der Waals surface area contributed by atoms with Gasteiger partial charge in [0.05, 0.1) is 0 Å². The number of carbonyl (C=O) groups excluding carboxylic acids is 1. The third-order valence-electron chi connectivity index (χ3n) is 3.94. The summed E-state index contributed by atoms with van der Waals surface area (Å²) in [6.07, 6.45) is 1.23. The van der Waals surface area contributed by atoms with E-state index in [0.29, 0.717) is 6.42 Å². The van der Waals surface area contributed by atoms with E-state index in [9.17, 15) is 4.79 Å². The first-order valence-electron chi connectivity index (χ1n) is 7.89. The standard InChI is InChI=1S/C21H20O2/c1-16(22)14-20(18-10-6-3-7-11-18)21-13-12-19(23-21)15-17-8-4-2-5-9-17/h2-13,20H,14-15H2,1H3. The first-order valence-corrected chi connectivity index (χ1v) is 7.89. The first-order chi connectivity index (χ1) is 11.2. The van der Waals surface area contributed by atoms with E-state index in [4.69, 9.17) is 4.42 Å². The second-order valence-electron chi connectivity index (χ2n) is 5.84. The van der Waals surface area contributed by atoms with Gasteiger partial charge in [0.25, 0.3) is 0 Å². The molecule has 1 heterocycles. The molecule has 0 aliphatic carbocycles. The lowest BCUT2D eigenvalue weighted by atomic mass is 9.92. The fourth-order valence-electron chi connectivity index (χ4n) is 2.83. The van der Waals surface area contributed by atoms with Crippen LogP contribution in [0.15, 0.2) is 77.2 Å². The third kappa shape index (κ3) is 3.98. The Kier molecular flexibility index (Phi) is 4.72. The summed E-state index contributed by atoms with van der Waals surface area (Å²) in [5.74, 6) is 1.94. The zero-order valence-corrected chi connectivity index (χ0v) is 13.2. The highest BCUT2D eigenvalue weighted by Crippen LogP contribution is 2.30. The van der Waals surface area contributed by atoms with Gasteiger partial charge in [0, 0.05) is 18.8 Å². The van der Waals surface area contributed by atoms with Crippen LogP contribution in [-0.4, -0.2) is 5.78 Å². The van der Waals surface area contributed by atoms with Gasteiger partial charge >= 0.3 is 0 Å². The lowest BCUT2D eigenvalue weighted by Gasteiger charge is -2.13. The Balaban J connectivity index is 1.84. The molecule has 1 atom stereocenters. The zero-order chi connectivity index (χ0) is 16.1. The molecular weight excluding hydrogens is 284 g/mol. The van der Waals surface area contributed by atoms with E-state index in [1.54, 1.807) is 6.92 Å². The number of carbonyl (C=O) groups is 1. The van der Waals surface area contributed by atoms with Crippen LogP contribution < -0.4 is 0 Å². The van der Waals surface area contributed by atoms with Gasteiger partial charge in [-0.2, -0.15) is 0 Å². The molecule has 0 aliphatic rings. The molecule has 0 amide bonds. The molecule has 116 valence electrons. The molecule has 0 N–H and O–H groups in total. The van der Waals surface area contributed by atoms with Gasteiger partial charge < -0.3 is 4.42 Å². The second kappa shape index (κ2) is 7.10. The van der Waals surface area contributed by atoms with Crippen LogP contribution in [0.3, 0.4) is 0 Å². The van der Waals surface area contributed by atoms with Crippen LogP contribution in [0.4, 0.5) is 0 Å². The first kappa shape index (κ1) is 15.3. The summed E-state index contributed by atoms with van der Waals surface area (Å²) in [6, 6.07) is 24.3. The number of Topliss-reactive ketones (excluding diaryl/α,β-unsaturated/α-hetero) is 1. The van der Waals surface area contributed by atoms with Gasteiger partial charge in [-0.3, -0.25) is 4.79 Å². The maximum absolute atomic E-state index is 11.7. The lowest BCUT2D eigenvalue weighted by molar-refractivity contribution is -0.117. The molecule has 1 unspecified atom stereocenters. The lowest BCUT2D eigenvalue weighted by Crippen LogP contribution is -2.05. The van der Waals surface area contributed by atoms with Crippen molar-refractivity contribution < 1.29 is 9.21 Å². The molecule has 23 heavy (non-hydrogen) atoms. The fourth-order valence-corrected chi connectivity index (χ4v) is 2.83. The molecule has 0 saturated carbocycles. The Morgan fingerprint density at radius 2 is 1.57 bits per heavy atom. The number of rotatable bonds is 6. The SMILES string of the molecule is CC(=O)CC(c1ccccc1)c1ccc(Cc2ccccc2)o1. The van der Waals surface area contributed by atoms with Gasteiger partial charge in [0.15, 0.2) is 0 Å². The quantitative estimate of drug-likeness (QED) is 0.643. The van der Waals surface area contributed by atoms with Crippen LogP contribution in [0.1, 0.15) is 41.9 Å². The predicted molar refractivity (Wildman–Crippen MR) is 91.5 cm³/mol. The van der Waals surface area contributed by atoms with Crippen molar-refractivity contribution in [1.29, 1.82) is 0 Å². The largest absolute Gasteiger partial charge is 0.465 e. The highest BCUT2D eigenvalue weighted by atomic mass is 16.3. The number of furan rings is 1. The summed E-state index contributed by atoms with van der Waals surface area (Å²) in [5, 5.41) is 0. The molecular formula is C21H20O2. The monoisotopic (exact) mass is 304 g/mol. The highest BCUT2D eigenvalue weighted by Gasteiger charge is 2.19.